The largest absolute Gasteiger partial charge is 0.458 e. The van der Waals surface area contributed by atoms with Crippen LogP contribution in [0.5, 0.6) is 0 Å². The van der Waals surface area contributed by atoms with Crippen LogP contribution < -0.4 is 0 Å². The highest BCUT2D eigenvalue weighted by atomic mass is 19.4. The predicted octanol–water partition coefficient (Wildman–Crippen LogP) is 3.54. The van der Waals surface area contributed by atoms with E-state index in [2.05, 4.69) is 20.0 Å². The molecular weight excluding hydrogens is 368 g/mol. The SMILES string of the molecule is OC1(C(F)(F)F)CC(c2ccc(-c3cncnc3C(F)(F)F)cc2)=NO1. The Hall–Kier alpha value is -2.69. The van der Waals surface area contributed by atoms with Gasteiger partial charge < -0.3 is 9.94 Å². The van der Waals surface area contributed by atoms with Crippen molar-refractivity contribution in [3.63, 3.8) is 0 Å². The Morgan fingerprint density at radius 2 is 1.62 bits per heavy atom. The quantitative estimate of drug-likeness (QED) is 0.813. The van der Waals surface area contributed by atoms with E-state index in [1.807, 2.05) is 0 Å². The van der Waals surface area contributed by atoms with Crippen molar-refractivity contribution in [3.8, 4) is 11.1 Å². The smallest absolute Gasteiger partial charge is 0.350 e. The van der Waals surface area contributed by atoms with Gasteiger partial charge in [-0.15, -0.1) is 0 Å². The van der Waals surface area contributed by atoms with Crippen molar-refractivity contribution in [2.45, 2.75) is 24.6 Å². The zero-order valence-electron chi connectivity index (χ0n) is 12.6. The van der Waals surface area contributed by atoms with Gasteiger partial charge in [0.25, 0.3) is 0 Å². The van der Waals surface area contributed by atoms with Gasteiger partial charge in [0.05, 0.1) is 12.1 Å². The zero-order chi connectivity index (χ0) is 19.2. The van der Waals surface area contributed by atoms with E-state index in [0.29, 0.717) is 0 Å². The highest BCUT2D eigenvalue weighted by Crippen LogP contribution is 2.39. The number of benzene rings is 1. The number of hydrogen-bond acceptors (Lipinski definition) is 5. The van der Waals surface area contributed by atoms with Crippen LogP contribution in [0.15, 0.2) is 41.9 Å². The van der Waals surface area contributed by atoms with Gasteiger partial charge in [-0.05, 0) is 11.1 Å². The summed E-state index contributed by atoms with van der Waals surface area (Å²) in [5, 5.41) is 12.6. The second kappa shape index (κ2) is 5.94. The molecule has 2 heterocycles. The fraction of sp³-hybridized carbons (Fsp3) is 0.267. The molecule has 5 nitrogen and oxygen atoms in total. The fourth-order valence-corrected chi connectivity index (χ4v) is 2.34. The molecule has 1 N–H and O–H groups in total. The maximum absolute atomic E-state index is 13.0. The monoisotopic (exact) mass is 377 g/mol. The van der Waals surface area contributed by atoms with Crippen LogP contribution in [-0.2, 0) is 11.0 Å². The van der Waals surface area contributed by atoms with Crippen molar-refractivity contribution in [2.24, 2.45) is 5.16 Å². The Balaban J connectivity index is 1.88. The molecule has 1 aliphatic heterocycles. The Kier molecular flexibility index (Phi) is 4.14. The molecule has 1 aliphatic rings. The van der Waals surface area contributed by atoms with E-state index in [0.717, 1.165) is 12.5 Å². The Morgan fingerprint density at radius 3 is 2.15 bits per heavy atom. The van der Waals surface area contributed by atoms with E-state index in [1.165, 1.54) is 24.3 Å². The maximum atomic E-state index is 13.0. The third-order valence-corrected chi connectivity index (χ3v) is 3.67. The number of nitrogens with zero attached hydrogens (tertiary/aromatic N) is 3. The van der Waals surface area contributed by atoms with Gasteiger partial charge in [-0.25, -0.2) is 9.97 Å². The first kappa shape index (κ1) is 18.1. The predicted molar refractivity (Wildman–Crippen MR) is 75.7 cm³/mol. The van der Waals surface area contributed by atoms with Gasteiger partial charge in [0.2, 0.25) is 0 Å². The van der Waals surface area contributed by atoms with E-state index in [-0.39, 0.29) is 22.4 Å². The molecule has 0 fully saturated rings. The first-order valence-electron chi connectivity index (χ1n) is 7.03. The normalized spacial score (nSPS) is 20.7. The molecule has 26 heavy (non-hydrogen) atoms. The molecular formula is C15H9F6N3O2. The van der Waals surface area contributed by atoms with Crippen LogP contribution in [0.4, 0.5) is 26.3 Å². The molecule has 0 saturated heterocycles. The number of rotatable bonds is 2. The summed E-state index contributed by atoms with van der Waals surface area (Å²) >= 11 is 0. The number of aromatic nitrogens is 2. The number of hydrogen-bond donors (Lipinski definition) is 1. The minimum atomic E-state index is -5.04. The highest BCUT2D eigenvalue weighted by Gasteiger charge is 2.60. The summed E-state index contributed by atoms with van der Waals surface area (Å²) in [4.78, 5) is 10.9. The average Bonchev–Trinajstić information content (AvgIpc) is 2.98. The number of alkyl halides is 6. The molecule has 1 aromatic heterocycles. The topological polar surface area (TPSA) is 67.6 Å². The van der Waals surface area contributed by atoms with Crippen LogP contribution in [0.3, 0.4) is 0 Å². The van der Waals surface area contributed by atoms with Gasteiger partial charge in [-0.3, -0.25) is 0 Å². The summed E-state index contributed by atoms with van der Waals surface area (Å²) in [5.74, 6) is -3.42. The van der Waals surface area contributed by atoms with Gasteiger partial charge in [0, 0.05) is 11.8 Å². The van der Waals surface area contributed by atoms with Crippen molar-refractivity contribution in [2.75, 3.05) is 0 Å². The lowest BCUT2D eigenvalue weighted by Crippen LogP contribution is -2.45. The van der Waals surface area contributed by atoms with Gasteiger partial charge in [0.1, 0.15) is 6.33 Å². The third-order valence-electron chi connectivity index (χ3n) is 3.67. The molecule has 1 unspecified atom stereocenters. The van der Waals surface area contributed by atoms with Crippen molar-refractivity contribution in [3.05, 3.63) is 48.0 Å². The molecule has 0 saturated carbocycles. The van der Waals surface area contributed by atoms with E-state index in [9.17, 15) is 31.4 Å². The maximum Gasteiger partial charge on any atom is 0.458 e. The van der Waals surface area contributed by atoms with Gasteiger partial charge in [0.15, 0.2) is 5.69 Å². The van der Waals surface area contributed by atoms with Crippen LogP contribution >= 0.6 is 0 Å². The van der Waals surface area contributed by atoms with Crippen molar-refractivity contribution < 1.29 is 36.3 Å². The fourth-order valence-electron chi connectivity index (χ4n) is 2.34. The summed E-state index contributed by atoms with van der Waals surface area (Å²) in [5.41, 5.74) is -1.31. The Labute approximate surface area is 141 Å². The lowest BCUT2D eigenvalue weighted by atomic mass is 9.99. The van der Waals surface area contributed by atoms with E-state index < -0.39 is 30.3 Å². The Morgan fingerprint density at radius 1 is 1.00 bits per heavy atom. The molecule has 1 atom stereocenters. The van der Waals surface area contributed by atoms with Gasteiger partial charge >= 0.3 is 18.1 Å². The third kappa shape index (κ3) is 3.21. The lowest BCUT2D eigenvalue weighted by Gasteiger charge is -2.22. The number of oxime groups is 1. The van der Waals surface area contributed by atoms with Crippen molar-refractivity contribution in [1.82, 2.24) is 9.97 Å². The summed E-state index contributed by atoms with van der Waals surface area (Å²) in [6, 6.07) is 5.06. The molecule has 1 aromatic carbocycles. The van der Waals surface area contributed by atoms with E-state index in [4.69, 9.17) is 0 Å². The van der Waals surface area contributed by atoms with Crippen LogP contribution in [0.25, 0.3) is 11.1 Å². The molecule has 0 radical (unpaired) electrons. The number of halogens is 6. The van der Waals surface area contributed by atoms with Crippen LogP contribution in [0.1, 0.15) is 17.7 Å². The van der Waals surface area contributed by atoms with Crippen LogP contribution in [-0.4, -0.2) is 32.7 Å². The lowest BCUT2D eigenvalue weighted by molar-refractivity contribution is -0.355. The first-order chi connectivity index (χ1) is 12.0. The van der Waals surface area contributed by atoms with Crippen LogP contribution in [0.2, 0.25) is 0 Å². The highest BCUT2D eigenvalue weighted by molar-refractivity contribution is 6.01. The molecule has 0 bridgehead atoms. The first-order valence-corrected chi connectivity index (χ1v) is 7.03. The van der Waals surface area contributed by atoms with Crippen LogP contribution in [0, 0.1) is 0 Å². The zero-order valence-corrected chi connectivity index (χ0v) is 12.6. The van der Waals surface area contributed by atoms with Crippen molar-refractivity contribution >= 4 is 5.71 Å². The summed E-state index contributed by atoms with van der Waals surface area (Å²) in [6.07, 6.45) is -8.91. The molecule has 11 heteroatoms. The van der Waals surface area contributed by atoms with Gasteiger partial charge in [-0.1, -0.05) is 29.4 Å². The molecule has 138 valence electrons. The molecule has 3 rings (SSSR count). The second-order valence-corrected chi connectivity index (χ2v) is 5.45. The van der Waals surface area contributed by atoms with Gasteiger partial charge in [-0.2, -0.15) is 26.3 Å². The average molecular weight is 377 g/mol. The molecule has 0 aliphatic carbocycles. The summed E-state index contributed by atoms with van der Waals surface area (Å²) in [7, 11) is 0. The second-order valence-electron chi connectivity index (χ2n) is 5.45. The molecule has 0 amide bonds. The number of aliphatic hydroxyl groups is 1. The van der Waals surface area contributed by atoms with Crippen molar-refractivity contribution in [1.29, 1.82) is 0 Å². The minimum absolute atomic E-state index is 0.118. The van der Waals surface area contributed by atoms with E-state index >= 15 is 0 Å². The summed E-state index contributed by atoms with van der Waals surface area (Å²) < 4.78 is 77.1. The molecule has 0 spiro atoms. The minimum Gasteiger partial charge on any atom is -0.350 e. The van der Waals surface area contributed by atoms with E-state index in [1.54, 1.807) is 0 Å². The molecule has 2 aromatic rings. The Bertz CT molecular complexity index is 848. The standard InChI is InChI=1S/C15H9F6N3O2/c16-14(17,18)12-10(6-22-7-23-12)8-1-3-9(4-2-8)11-5-13(25,26-24-11)15(19,20)21/h1-4,6-7,25H,5H2. The summed E-state index contributed by atoms with van der Waals surface area (Å²) in [6.45, 7) is 0.